The molecule has 2 aromatic rings. The van der Waals surface area contributed by atoms with Crippen molar-refractivity contribution in [1.29, 1.82) is 0 Å². The molecule has 128 valence electrons. The molecule has 24 heavy (non-hydrogen) atoms. The number of likely N-dealkylation sites (N-methyl/N-ethyl adjacent to an activating group) is 1. The van der Waals surface area contributed by atoms with Gasteiger partial charge in [0.15, 0.2) is 0 Å². The fourth-order valence-electron chi connectivity index (χ4n) is 2.05. The molecular formula is C16H17ClN2O3S2. The molecule has 0 bridgehead atoms. The van der Waals surface area contributed by atoms with Crippen molar-refractivity contribution < 1.29 is 13.2 Å². The number of amides is 1. The number of carbonyl (C=O) groups is 1. The lowest BCUT2D eigenvalue weighted by molar-refractivity contribution is -0.116. The second-order valence-corrected chi connectivity index (χ2v) is 8.21. The van der Waals surface area contributed by atoms with Crippen LogP contribution in [0.5, 0.6) is 0 Å². The van der Waals surface area contributed by atoms with Crippen LogP contribution in [0.1, 0.15) is 0 Å². The SMILES string of the molecule is CSc1ccccc1NC(=O)CN(C)S(=O)(=O)c1ccccc1Cl. The Labute approximate surface area is 151 Å². The molecule has 2 rings (SSSR count). The molecule has 0 aromatic heterocycles. The van der Waals surface area contributed by atoms with Crippen LogP contribution < -0.4 is 5.32 Å². The number of anilines is 1. The Morgan fingerprint density at radius 1 is 1.17 bits per heavy atom. The maximum absolute atomic E-state index is 12.5. The number of benzene rings is 2. The van der Waals surface area contributed by atoms with Gasteiger partial charge in [-0.05, 0) is 30.5 Å². The first-order valence-electron chi connectivity index (χ1n) is 7.00. The Bertz CT molecular complexity index is 841. The van der Waals surface area contributed by atoms with Crippen molar-refractivity contribution in [3.05, 3.63) is 53.6 Å². The molecule has 0 aliphatic rings. The van der Waals surface area contributed by atoms with Crippen LogP contribution in [0.25, 0.3) is 0 Å². The van der Waals surface area contributed by atoms with E-state index in [1.807, 2.05) is 18.4 Å². The van der Waals surface area contributed by atoms with Gasteiger partial charge in [0.1, 0.15) is 4.90 Å². The predicted molar refractivity (Wildman–Crippen MR) is 98.1 cm³/mol. The van der Waals surface area contributed by atoms with Crippen LogP contribution in [0.2, 0.25) is 5.02 Å². The first kappa shape index (κ1) is 18.8. The summed E-state index contributed by atoms with van der Waals surface area (Å²) in [6.45, 7) is -0.309. The first-order chi connectivity index (χ1) is 11.4. The maximum atomic E-state index is 12.5. The second kappa shape index (κ2) is 8.02. The number of carbonyl (C=O) groups excluding carboxylic acids is 1. The molecule has 1 N–H and O–H groups in total. The molecule has 0 heterocycles. The Balaban J connectivity index is 2.13. The maximum Gasteiger partial charge on any atom is 0.244 e. The molecule has 0 spiro atoms. The largest absolute Gasteiger partial charge is 0.324 e. The number of hydrogen-bond acceptors (Lipinski definition) is 4. The highest BCUT2D eigenvalue weighted by molar-refractivity contribution is 7.98. The zero-order valence-corrected chi connectivity index (χ0v) is 15.6. The fraction of sp³-hybridized carbons (Fsp3) is 0.188. The molecule has 0 unspecified atom stereocenters. The molecular weight excluding hydrogens is 368 g/mol. The Morgan fingerprint density at radius 3 is 2.46 bits per heavy atom. The topological polar surface area (TPSA) is 66.5 Å². The van der Waals surface area contributed by atoms with E-state index < -0.39 is 15.9 Å². The van der Waals surface area contributed by atoms with Crippen LogP contribution in [0.3, 0.4) is 0 Å². The normalized spacial score (nSPS) is 11.5. The average Bonchev–Trinajstić information content (AvgIpc) is 2.55. The molecule has 0 saturated heterocycles. The predicted octanol–water partition coefficient (Wildman–Crippen LogP) is 3.32. The molecule has 0 fully saturated rings. The Kier molecular flexibility index (Phi) is 6.28. The van der Waals surface area contributed by atoms with Gasteiger partial charge >= 0.3 is 0 Å². The molecule has 0 aliphatic carbocycles. The molecule has 0 aliphatic heterocycles. The van der Waals surface area contributed by atoms with Crippen LogP contribution in [-0.4, -0.2) is 38.5 Å². The summed E-state index contributed by atoms with van der Waals surface area (Å²) in [6, 6.07) is 13.5. The number of halogens is 1. The summed E-state index contributed by atoms with van der Waals surface area (Å²) in [4.78, 5) is 13.1. The van der Waals surface area contributed by atoms with E-state index in [9.17, 15) is 13.2 Å². The lowest BCUT2D eigenvalue weighted by Gasteiger charge is -2.18. The Hall–Kier alpha value is -1.54. The van der Waals surface area contributed by atoms with Crippen LogP contribution in [0, 0.1) is 0 Å². The minimum Gasteiger partial charge on any atom is -0.324 e. The van der Waals surface area contributed by atoms with E-state index in [1.165, 1.54) is 30.9 Å². The van der Waals surface area contributed by atoms with E-state index in [-0.39, 0.29) is 16.5 Å². The molecule has 1 amide bonds. The molecule has 5 nitrogen and oxygen atoms in total. The number of para-hydroxylation sites is 1. The van der Waals surface area contributed by atoms with Crippen LogP contribution in [-0.2, 0) is 14.8 Å². The number of rotatable bonds is 6. The third-order valence-electron chi connectivity index (χ3n) is 3.27. The molecule has 0 atom stereocenters. The number of sulfonamides is 1. The van der Waals surface area contributed by atoms with Crippen LogP contribution in [0.4, 0.5) is 5.69 Å². The second-order valence-electron chi connectivity index (χ2n) is 4.94. The van der Waals surface area contributed by atoms with Gasteiger partial charge in [0.05, 0.1) is 17.3 Å². The van der Waals surface area contributed by atoms with Gasteiger partial charge in [-0.3, -0.25) is 4.79 Å². The van der Waals surface area contributed by atoms with Gasteiger partial charge < -0.3 is 5.32 Å². The summed E-state index contributed by atoms with van der Waals surface area (Å²) in [5, 5.41) is 2.85. The third kappa shape index (κ3) is 4.30. The van der Waals surface area contributed by atoms with Crippen molar-refractivity contribution in [2.75, 3.05) is 25.2 Å². The molecule has 2 aromatic carbocycles. The van der Waals surface area contributed by atoms with Crippen molar-refractivity contribution in [3.8, 4) is 0 Å². The van der Waals surface area contributed by atoms with Gasteiger partial charge in [-0.25, -0.2) is 8.42 Å². The quantitative estimate of drug-likeness (QED) is 0.776. The molecule has 0 radical (unpaired) electrons. The van der Waals surface area contributed by atoms with Crippen LogP contribution >= 0.6 is 23.4 Å². The van der Waals surface area contributed by atoms with Gasteiger partial charge in [0, 0.05) is 11.9 Å². The van der Waals surface area contributed by atoms with Gasteiger partial charge in [-0.15, -0.1) is 11.8 Å². The molecule has 8 heteroatoms. The van der Waals surface area contributed by atoms with Gasteiger partial charge in [-0.1, -0.05) is 35.9 Å². The number of hydrogen-bond donors (Lipinski definition) is 1. The summed E-state index contributed by atoms with van der Waals surface area (Å²) in [5.41, 5.74) is 0.651. The standard InChI is InChI=1S/C16H17ClN2O3S2/c1-19(24(21,22)15-10-6-3-7-12(15)17)11-16(20)18-13-8-4-5-9-14(13)23-2/h3-10H,11H2,1-2H3,(H,18,20). The lowest BCUT2D eigenvalue weighted by atomic mass is 10.3. The van der Waals surface area contributed by atoms with Crippen molar-refractivity contribution in [2.45, 2.75) is 9.79 Å². The summed E-state index contributed by atoms with van der Waals surface area (Å²) in [5.74, 6) is -0.422. The van der Waals surface area contributed by atoms with Crippen molar-refractivity contribution in [2.24, 2.45) is 0 Å². The van der Waals surface area contributed by atoms with Crippen LogP contribution in [0.15, 0.2) is 58.3 Å². The first-order valence-corrected chi connectivity index (χ1v) is 10.0. The molecule has 0 saturated carbocycles. The van der Waals surface area contributed by atoms with Crippen molar-refractivity contribution >= 4 is 45.0 Å². The highest BCUT2D eigenvalue weighted by Gasteiger charge is 2.25. The number of nitrogens with one attached hydrogen (secondary N) is 1. The van der Waals surface area contributed by atoms with Gasteiger partial charge in [0.25, 0.3) is 0 Å². The highest BCUT2D eigenvalue weighted by Crippen LogP contribution is 2.25. The highest BCUT2D eigenvalue weighted by atomic mass is 35.5. The van der Waals surface area contributed by atoms with Gasteiger partial charge in [-0.2, -0.15) is 4.31 Å². The van der Waals surface area contributed by atoms with E-state index in [0.717, 1.165) is 9.20 Å². The van der Waals surface area contributed by atoms with E-state index in [0.29, 0.717) is 5.69 Å². The average molecular weight is 385 g/mol. The van der Waals surface area contributed by atoms with E-state index in [1.54, 1.807) is 24.3 Å². The van der Waals surface area contributed by atoms with Gasteiger partial charge in [0.2, 0.25) is 15.9 Å². The summed E-state index contributed by atoms with van der Waals surface area (Å²) in [7, 11) is -2.49. The fourth-order valence-corrected chi connectivity index (χ4v) is 4.22. The van der Waals surface area contributed by atoms with E-state index in [2.05, 4.69) is 5.32 Å². The summed E-state index contributed by atoms with van der Waals surface area (Å²) in [6.07, 6.45) is 1.90. The van der Waals surface area contributed by atoms with Crippen molar-refractivity contribution in [3.63, 3.8) is 0 Å². The number of nitrogens with zero attached hydrogens (tertiary/aromatic N) is 1. The third-order valence-corrected chi connectivity index (χ3v) is 6.37. The lowest BCUT2D eigenvalue weighted by Crippen LogP contribution is -2.35. The number of thioether (sulfide) groups is 1. The zero-order chi connectivity index (χ0) is 17.7. The zero-order valence-electron chi connectivity index (χ0n) is 13.2. The smallest absolute Gasteiger partial charge is 0.244 e. The van der Waals surface area contributed by atoms with Crippen molar-refractivity contribution in [1.82, 2.24) is 4.31 Å². The van der Waals surface area contributed by atoms with E-state index in [4.69, 9.17) is 11.6 Å². The Morgan fingerprint density at radius 2 is 1.79 bits per heavy atom. The summed E-state index contributed by atoms with van der Waals surface area (Å²) >= 11 is 7.45. The summed E-state index contributed by atoms with van der Waals surface area (Å²) < 4.78 is 26.0. The minimum absolute atomic E-state index is 0.0218. The minimum atomic E-state index is -3.84. The monoisotopic (exact) mass is 384 g/mol. The van der Waals surface area contributed by atoms with E-state index >= 15 is 0 Å².